The van der Waals surface area contributed by atoms with Gasteiger partial charge in [-0.05, 0) is 35.3 Å². The van der Waals surface area contributed by atoms with E-state index in [9.17, 15) is 5.11 Å². The van der Waals surface area contributed by atoms with E-state index in [1.54, 1.807) is 7.11 Å². The maximum atomic E-state index is 10.8. The SMILES string of the molecule is COc1ccc(C(O)C2CCCC2C)c2ccccc12. The molecule has 3 unspecified atom stereocenters. The van der Waals surface area contributed by atoms with E-state index in [-0.39, 0.29) is 6.10 Å². The quantitative estimate of drug-likeness (QED) is 0.900. The molecule has 2 aromatic carbocycles. The summed E-state index contributed by atoms with van der Waals surface area (Å²) in [5.41, 5.74) is 1.04. The third-order valence-corrected chi connectivity index (χ3v) is 4.79. The number of benzene rings is 2. The Bertz CT molecular complexity index is 605. The second-order valence-corrected chi connectivity index (χ2v) is 5.92. The van der Waals surface area contributed by atoms with Gasteiger partial charge in [-0.2, -0.15) is 0 Å². The Morgan fingerprint density at radius 2 is 1.85 bits per heavy atom. The van der Waals surface area contributed by atoms with Crippen LogP contribution in [0.4, 0.5) is 0 Å². The summed E-state index contributed by atoms with van der Waals surface area (Å²) >= 11 is 0. The van der Waals surface area contributed by atoms with Gasteiger partial charge < -0.3 is 9.84 Å². The van der Waals surface area contributed by atoms with Gasteiger partial charge in [-0.15, -0.1) is 0 Å². The largest absolute Gasteiger partial charge is 0.496 e. The Labute approximate surface area is 120 Å². The number of aliphatic hydroxyl groups is 1. The number of hydrogen-bond donors (Lipinski definition) is 1. The van der Waals surface area contributed by atoms with Gasteiger partial charge in [0.25, 0.3) is 0 Å². The molecule has 2 aromatic rings. The Morgan fingerprint density at radius 1 is 1.10 bits per heavy atom. The predicted octanol–water partition coefficient (Wildman–Crippen LogP) is 4.32. The number of aliphatic hydroxyl groups excluding tert-OH is 1. The highest BCUT2D eigenvalue weighted by molar-refractivity contribution is 5.91. The average Bonchev–Trinajstić information content (AvgIpc) is 2.91. The van der Waals surface area contributed by atoms with Crippen LogP contribution in [-0.2, 0) is 0 Å². The van der Waals surface area contributed by atoms with Gasteiger partial charge in [0.2, 0.25) is 0 Å². The molecule has 0 spiro atoms. The molecule has 1 aliphatic rings. The summed E-state index contributed by atoms with van der Waals surface area (Å²) in [4.78, 5) is 0. The summed E-state index contributed by atoms with van der Waals surface area (Å²) in [5, 5.41) is 13.0. The van der Waals surface area contributed by atoms with Gasteiger partial charge in [0, 0.05) is 5.39 Å². The smallest absolute Gasteiger partial charge is 0.126 e. The molecule has 3 atom stereocenters. The number of methoxy groups -OCH3 is 1. The molecule has 0 amide bonds. The van der Waals surface area contributed by atoms with Crippen LogP contribution in [0.2, 0.25) is 0 Å². The summed E-state index contributed by atoms with van der Waals surface area (Å²) in [6.45, 7) is 2.26. The van der Waals surface area contributed by atoms with Gasteiger partial charge in [-0.25, -0.2) is 0 Å². The maximum absolute atomic E-state index is 10.8. The van der Waals surface area contributed by atoms with Crippen molar-refractivity contribution in [2.24, 2.45) is 11.8 Å². The topological polar surface area (TPSA) is 29.5 Å². The normalized spacial score (nSPS) is 23.9. The van der Waals surface area contributed by atoms with Crippen molar-refractivity contribution in [2.45, 2.75) is 32.3 Å². The Balaban J connectivity index is 2.07. The summed E-state index contributed by atoms with van der Waals surface area (Å²) in [5.74, 6) is 1.86. The number of rotatable bonds is 3. The molecule has 1 N–H and O–H groups in total. The van der Waals surface area contributed by atoms with Gasteiger partial charge in [-0.1, -0.05) is 50.1 Å². The molecular formula is C18H22O2. The lowest BCUT2D eigenvalue weighted by atomic mass is 9.86. The second kappa shape index (κ2) is 5.45. The minimum Gasteiger partial charge on any atom is -0.496 e. The van der Waals surface area contributed by atoms with Crippen LogP contribution < -0.4 is 4.74 Å². The number of fused-ring (bicyclic) bond motifs is 1. The van der Waals surface area contributed by atoms with Crippen LogP contribution in [0.3, 0.4) is 0 Å². The Hall–Kier alpha value is -1.54. The van der Waals surface area contributed by atoms with E-state index in [1.165, 1.54) is 12.8 Å². The van der Waals surface area contributed by atoms with E-state index in [4.69, 9.17) is 4.74 Å². The molecule has 2 nitrogen and oxygen atoms in total. The van der Waals surface area contributed by atoms with E-state index >= 15 is 0 Å². The molecule has 0 radical (unpaired) electrons. The van der Waals surface area contributed by atoms with E-state index < -0.39 is 0 Å². The second-order valence-electron chi connectivity index (χ2n) is 5.92. The van der Waals surface area contributed by atoms with E-state index in [1.807, 2.05) is 24.3 Å². The molecule has 3 rings (SSSR count). The van der Waals surface area contributed by atoms with Crippen molar-refractivity contribution in [3.63, 3.8) is 0 Å². The van der Waals surface area contributed by atoms with Crippen LogP contribution >= 0.6 is 0 Å². The Morgan fingerprint density at radius 3 is 2.50 bits per heavy atom. The first-order chi connectivity index (χ1) is 9.72. The van der Waals surface area contributed by atoms with Crippen LogP contribution in [0.5, 0.6) is 5.75 Å². The average molecular weight is 270 g/mol. The van der Waals surface area contributed by atoms with Gasteiger partial charge in [0.15, 0.2) is 0 Å². The summed E-state index contributed by atoms with van der Waals surface area (Å²) in [7, 11) is 1.69. The van der Waals surface area contributed by atoms with Crippen LogP contribution in [0.1, 0.15) is 37.9 Å². The van der Waals surface area contributed by atoms with Crippen molar-refractivity contribution < 1.29 is 9.84 Å². The fourth-order valence-corrected chi connectivity index (χ4v) is 3.60. The highest BCUT2D eigenvalue weighted by Crippen LogP contribution is 2.42. The maximum Gasteiger partial charge on any atom is 0.126 e. The minimum atomic E-state index is -0.372. The van der Waals surface area contributed by atoms with Gasteiger partial charge in [0.1, 0.15) is 5.75 Å². The third-order valence-electron chi connectivity index (χ3n) is 4.79. The molecule has 0 aromatic heterocycles. The lowest BCUT2D eigenvalue weighted by Crippen LogP contribution is -2.15. The fourth-order valence-electron chi connectivity index (χ4n) is 3.60. The molecular weight excluding hydrogens is 248 g/mol. The van der Waals surface area contributed by atoms with E-state index in [0.717, 1.165) is 28.5 Å². The van der Waals surface area contributed by atoms with E-state index in [0.29, 0.717) is 11.8 Å². The van der Waals surface area contributed by atoms with Crippen LogP contribution in [-0.4, -0.2) is 12.2 Å². The van der Waals surface area contributed by atoms with Crippen LogP contribution in [0.25, 0.3) is 10.8 Å². The van der Waals surface area contributed by atoms with Crippen molar-refractivity contribution in [1.82, 2.24) is 0 Å². The lowest BCUT2D eigenvalue weighted by molar-refractivity contribution is 0.0913. The first-order valence-corrected chi connectivity index (χ1v) is 7.46. The molecule has 106 valence electrons. The van der Waals surface area contributed by atoms with Crippen LogP contribution in [0, 0.1) is 11.8 Å². The fraction of sp³-hybridized carbons (Fsp3) is 0.444. The minimum absolute atomic E-state index is 0.372. The Kier molecular flexibility index (Phi) is 3.66. The lowest BCUT2D eigenvalue weighted by Gasteiger charge is -2.24. The number of hydrogen-bond acceptors (Lipinski definition) is 2. The van der Waals surface area contributed by atoms with Crippen molar-refractivity contribution in [2.75, 3.05) is 7.11 Å². The van der Waals surface area contributed by atoms with Gasteiger partial charge in [0.05, 0.1) is 13.2 Å². The summed E-state index contributed by atoms with van der Waals surface area (Å²) in [6.07, 6.45) is 3.22. The molecule has 2 heteroatoms. The molecule has 0 heterocycles. The number of ether oxygens (including phenoxy) is 1. The van der Waals surface area contributed by atoms with Gasteiger partial charge in [-0.3, -0.25) is 0 Å². The van der Waals surface area contributed by atoms with Crippen molar-refractivity contribution in [1.29, 1.82) is 0 Å². The molecule has 20 heavy (non-hydrogen) atoms. The highest BCUT2D eigenvalue weighted by atomic mass is 16.5. The first-order valence-electron chi connectivity index (χ1n) is 7.46. The zero-order valence-corrected chi connectivity index (χ0v) is 12.2. The molecule has 1 saturated carbocycles. The predicted molar refractivity (Wildman–Crippen MR) is 82.0 cm³/mol. The molecule has 0 aliphatic heterocycles. The van der Waals surface area contributed by atoms with Crippen molar-refractivity contribution in [3.05, 3.63) is 42.0 Å². The van der Waals surface area contributed by atoms with Gasteiger partial charge >= 0.3 is 0 Å². The third kappa shape index (κ3) is 2.18. The molecule has 1 aliphatic carbocycles. The van der Waals surface area contributed by atoms with Crippen molar-refractivity contribution in [3.8, 4) is 5.75 Å². The zero-order chi connectivity index (χ0) is 14.1. The summed E-state index contributed by atoms with van der Waals surface area (Å²) < 4.78 is 5.43. The first kappa shape index (κ1) is 13.4. The zero-order valence-electron chi connectivity index (χ0n) is 12.2. The van der Waals surface area contributed by atoms with Crippen LogP contribution in [0.15, 0.2) is 36.4 Å². The van der Waals surface area contributed by atoms with Crippen molar-refractivity contribution >= 4 is 10.8 Å². The highest BCUT2D eigenvalue weighted by Gasteiger charge is 2.31. The molecule has 0 saturated heterocycles. The molecule has 0 bridgehead atoms. The molecule has 1 fully saturated rings. The standard InChI is InChI=1S/C18H22O2/c1-12-6-5-9-13(12)18(19)16-10-11-17(20-2)15-8-4-3-7-14(15)16/h3-4,7-8,10-13,18-19H,5-6,9H2,1-2H3. The monoisotopic (exact) mass is 270 g/mol. The summed E-state index contributed by atoms with van der Waals surface area (Å²) in [6, 6.07) is 12.2. The van der Waals surface area contributed by atoms with E-state index in [2.05, 4.69) is 19.1 Å².